The van der Waals surface area contributed by atoms with E-state index >= 15 is 0 Å². The Bertz CT molecular complexity index is 595. The lowest BCUT2D eigenvalue weighted by Crippen LogP contribution is -2.33. The van der Waals surface area contributed by atoms with Crippen molar-refractivity contribution < 1.29 is 9.21 Å². The maximum absolute atomic E-state index is 12.8. The molecule has 104 valence electrons. The normalized spacial score (nSPS) is 14.2. The molecular formula is C16H18N2O2. The van der Waals surface area contributed by atoms with Crippen molar-refractivity contribution in [2.45, 2.75) is 32.4 Å². The summed E-state index contributed by atoms with van der Waals surface area (Å²) >= 11 is 0. The van der Waals surface area contributed by atoms with E-state index in [1.165, 1.54) is 0 Å². The number of anilines is 1. The van der Waals surface area contributed by atoms with Crippen LogP contribution in [0.3, 0.4) is 0 Å². The van der Waals surface area contributed by atoms with E-state index in [-0.39, 0.29) is 5.91 Å². The number of carbonyl (C=O) groups is 1. The summed E-state index contributed by atoms with van der Waals surface area (Å²) in [5, 5.41) is 0. The number of nitrogen functional groups attached to an aromatic ring is 1. The van der Waals surface area contributed by atoms with Gasteiger partial charge in [0, 0.05) is 11.7 Å². The van der Waals surface area contributed by atoms with Gasteiger partial charge >= 0.3 is 0 Å². The maximum atomic E-state index is 12.8. The van der Waals surface area contributed by atoms with Crippen molar-refractivity contribution in [2.24, 2.45) is 0 Å². The van der Waals surface area contributed by atoms with E-state index in [1.54, 1.807) is 12.3 Å². The molecular weight excluding hydrogens is 252 g/mol. The summed E-state index contributed by atoms with van der Waals surface area (Å²) in [5.41, 5.74) is 8.06. The third-order valence-corrected chi connectivity index (χ3v) is 3.67. The highest BCUT2D eigenvalue weighted by Crippen LogP contribution is 2.31. The molecule has 4 heteroatoms. The number of amides is 1. The van der Waals surface area contributed by atoms with E-state index in [1.807, 2.05) is 36.1 Å². The fraction of sp³-hybridized carbons (Fsp3) is 0.312. The number of nitrogens with two attached hydrogens (primary N) is 1. The van der Waals surface area contributed by atoms with Crippen LogP contribution in [-0.4, -0.2) is 16.8 Å². The molecule has 1 fully saturated rings. The summed E-state index contributed by atoms with van der Waals surface area (Å²) in [7, 11) is 0. The Morgan fingerprint density at radius 1 is 1.35 bits per heavy atom. The highest BCUT2D eigenvalue weighted by molar-refractivity contribution is 6.00. The van der Waals surface area contributed by atoms with E-state index in [9.17, 15) is 4.79 Å². The molecule has 0 spiro atoms. The van der Waals surface area contributed by atoms with Gasteiger partial charge in [-0.3, -0.25) is 4.79 Å². The maximum Gasteiger partial charge on any atom is 0.256 e. The number of rotatable bonds is 4. The number of hydrogen-bond donors (Lipinski definition) is 1. The van der Waals surface area contributed by atoms with Crippen molar-refractivity contribution in [3.8, 4) is 0 Å². The number of furan rings is 1. The number of benzene rings is 1. The molecule has 0 atom stereocenters. The Hall–Kier alpha value is -2.23. The topological polar surface area (TPSA) is 59.5 Å². The lowest BCUT2D eigenvalue weighted by Gasteiger charge is -2.23. The second-order valence-corrected chi connectivity index (χ2v) is 5.28. The van der Waals surface area contributed by atoms with Gasteiger partial charge in [0.1, 0.15) is 5.76 Å². The molecule has 4 nitrogen and oxygen atoms in total. The Labute approximate surface area is 118 Å². The first-order valence-electron chi connectivity index (χ1n) is 6.85. The third kappa shape index (κ3) is 2.41. The summed E-state index contributed by atoms with van der Waals surface area (Å²) in [4.78, 5) is 14.7. The summed E-state index contributed by atoms with van der Waals surface area (Å²) in [6, 6.07) is 9.61. The Kier molecular flexibility index (Phi) is 3.22. The molecule has 1 heterocycles. The van der Waals surface area contributed by atoms with Crippen LogP contribution in [0, 0.1) is 6.92 Å². The zero-order valence-electron chi connectivity index (χ0n) is 11.5. The van der Waals surface area contributed by atoms with Gasteiger partial charge in [0.2, 0.25) is 0 Å². The van der Waals surface area contributed by atoms with Gasteiger partial charge < -0.3 is 15.1 Å². The second kappa shape index (κ2) is 5.04. The van der Waals surface area contributed by atoms with Gasteiger partial charge in [-0.25, -0.2) is 0 Å². The van der Waals surface area contributed by atoms with Crippen molar-refractivity contribution in [1.29, 1.82) is 0 Å². The average molecular weight is 270 g/mol. The average Bonchev–Trinajstić information content (AvgIpc) is 3.12. The van der Waals surface area contributed by atoms with Crippen molar-refractivity contribution in [2.75, 3.05) is 5.73 Å². The van der Waals surface area contributed by atoms with Crippen molar-refractivity contribution >= 4 is 11.6 Å². The minimum Gasteiger partial charge on any atom is -0.467 e. The fourth-order valence-corrected chi connectivity index (χ4v) is 2.45. The molecule has 1 aromatic carbocycles. The summed E-state index contributed by atoms with van der Waals surface area (Å²) in [5.74, 6) is 0.803. The molecule has 0 bridgehead atoms. The van der Waals surface area contributed by atoms with Crippen LogP contribution in [0.2, 0.25) is 0 Å². The van der Waals surface area contributed by atoms with Crippen LogP contribution in [0.5, 0.6) is 0 Å². The molecule has 1 aliphatic carbocycles. The number of hydrogen-bond acceptors (Lipinski definition) is 3. The first-order chi connectivity index (χ1) is 9.66. The number of nitrogens with zero attached hydrogens (tertiary/aromatic N) is 1. The molecule has 0 radical (unpaired) electrons. The molecule has 3 rings (SSSR count). The molecule has 1 amide bonds. The third-order valence-electron chi connectivity index (χ3n) is 3.67. The van der Waals surface area contributed by atoms with Crippen LogP contribution < -0.4 is 5.73 Å². The number of aryl methyl sites for hydroxylation is 1. The zero-order chi connectivity index (χ0) is 14.1. The SMILES string of the molecule is Cc1cccc(N)c1C(=O)N(Cc1ccco1)C1CC1. The lowest BCUT2D eigenvalue weighted by molar-refractivity contribution is 0.0718. The first-order valence-corrected chi connectivity index (χ1v) is 6.85. The summed E-state index contributed by atoms with van der Waals surface area (Å²) in [6.07, 6.45) is 3.74. The molecule has 2 aromatic rings. The van der Waals surface area contributed by atoms with Crippen LogP contribution in [-0.2, 0) is 6.54 Å². The Morgan fingerprint density at radius 2 is 2.15 bits per heavy atom. The van der Waals surface area contributed by atoms with Crippen molar-refractivity contribution in [3.63, 3.8) is 0 Å². The monoisotopic (exact) mass is 270 g/mol. The zero-order valence-corrected chi connectivity index (χ0v) is 11.5. The van der Waals surface area contributed by atoms with E-state index in [0.717, 1.165) is 24.2 Å². The molecule has 1 saturated carbocycles. The molecule has 2 N–H and O–H groups in total. The Morgan fingerprint density at radius 3 is 2.75 bits per heavy atom. The first kappa shape index (κ1) is 12.8. The molecule has 1 aliphatic rings. The highest BCUT2D eigenvalue weighted by atomic mass is 16.3. The summed E-state index contributed by atoms with van der Waals surface area (Å²) in [6.45, 7) is 2.42. The van der Waals surface area contributed by atoms with Gasteiger partial charge in [-0.1, -0.05) is 12.1 Å². The predicted octanol–water partition coefficient (Wildman–Crippen LogP) is 2.98. The van der Waals surface area contributed by atoms with Crippen molar-refractivity contribution in [1.82, 2.24) is 4.90 Å². The standard InChI is InChI=1S/C16H18N2O2/c1-11-4-2-6-14(17)15(11)16(19)18(12-7-8-12)10-13-5-3-9-20-13/h2-6,9,12H,7-8,10,17H2,1H3. The van der Waals surface area contributed by atoms with Crippen LogP contribution in [0.4, 0.5) is 5.69 Å². The summed E-state index contributed by atoms with van der Waals surface area (Å²) < 4.78 is 5.36. The molecule has 20 heavy (non-hydrogen) atoms. The molecule has 0 aliphatic heterocycles. The smallest absolute Gasteiger partial charge is 0.256 e. The van der Waals surface area contributed by atoms with E-state index < -0.39 is 0 Å². The second-order valence-electron chi connectivity index (χ2n) is 5.28. The van der Waals surface area contributed by atoms with Crippen LogP contribution in [0.1, 0.15) is 34.5 Å². The van der Waals surface area contributed by atoms with Crippen LogP contribution in [0.25, 0.3) is 0 Å². The van der Waals surface area contributed by atoms with Crippen molar-refractivity contribution in [3.05, 3.63) is 53.5 Å². The van der Waals surface area contributed by atoms with Gasteiger partial charge in [-0.05, 0) is 43.5 Å². The minimum atomic E-state index is -0.000463. The van der Waals surface area contributed by atoms with E-state index in [2.05, 4.69) is 0 Å². The lowest BCUT2D eigenvalue weighted by atomic mass is 10.1. The van der Waals surface area contributed by atoms with Crippen LogP contribution >= 0.6 is 0 Å². The van der Waals surface area contributed by atoms with Gasteiger partial charge in [-0.2, -0.15) is 0 Å². The van der Waals surface area contributed by atoms with E-state index in [4.69, 9.17) is 10.2 Å². The molecule has 0 unspecified atom stereocenters. The molecule has 1 aromatic heterocycles. The van der Waals surface area contributed by atoms with Gasteiger partial charge in [-0.15, -0.1) is 0 Å². The number of carbonyl (C=O) groups excluding carboxylic acids is 1. The fourth-order valence-electron chi connectivity index (χ4n) is 2.45. The van der Waals surface area contributed by atoms with Gasteiger partial charge in [0.25, 0.3) is 5.91 Å². The largest absolute Gasteiger partial charge is 0.467 e. The van der Waals surface area contributed by atoms with Gasteiger partial charge in [0.05, 0.1) is 18.4 Å². The van der Waals surface area contributed by atoms with Crippen LogP contribution in [0.15, 0.2) is 41.0 Å². The van der Waals surface area contributed by atoms with E-state index in [0.29, 0.717) is 23.8 Å². The predicted molar refractivity (Wildman–Crippen MR) is 77.2 cm³/mol. The minimum absolute atomic E-state index is 0.000463. The van der Waals surface area contributed by atoms with Gasteiger partial charge in [0.15, 0.2) is 0 Å². The Balaban J connectivity index is 1.89. The molecule has 0 saturated heterocycles. The highest BCUT2D eigenvalue weighted by Gasteiger charge is 2.34. The quantitative estimate of drug-likeness (QED) is 0.869.